The van der Waals surface area contributed by atoms with E-state index >= 15 is 0 Å². The molecule has 0 aromatic carbocycles. The van der Waals surface area contributed by atoms with Gasteiger partial charge in [0.25, 0.3) is 0 Å². The van der Waals surface area contributed by atoms with Crippen molar-refractivity contribution in [1.82, 2.24) is 4.98 Å². The van der Waals surface area contributed by atoms with E-state index in [-0.39, 0.29) is 0 Å². The van der Waals surface area contributed by atoms with Gasteiger partial charge >= 0.3 is 0 Å². The number of rotatable bonds is 4. The minimum atomic E-state index is 0.469. The first-order valence-electron chi connectivity index (χ1n) is 4.88. The van der Waals surface area contributed by atoms with E-state index in [1.54, 1.807) is 0 Å². The number of aryl methyl sites for hydroxylation is 1. The van der Waals surface area contributed by atoms with Gasteiger partial charge in [0.2, 0.25) is 0 Å². The Morgan fingerprint density at radius 1 is 1.50 bits per heavy atom. The van der Waals surface area contributed by atoms with Crippen molar-refractivity contribution < 1.29 is 0 Å². The molecule has 0 fully saturated rings. The lowest BCUT2D eigenvalue weighted by Gasteiger charge is -2.20. The summed E-state index contributed by atoms with van der Waals surface area (Å²) >= 11 is 3.49. The molecular weight excluding hydrogens is 240 g/mol. The molecule has 0 amide bonds. The normalized spacial score (nSPS) is 14.9. The average Bonchev–Trinajstić information content (AvgIpc) is 2.16. The monoisotopic (exact) mass is 256 g/mol. The molecule has 14 heavy (non-hydrogen) atoms. The van der Waals surface area contributed by atoms with Crippen LogP contribution in [0.4, 0.5) is 5.69 Å². The highest BCUT2D eigenvalue weighted by atomic mass is 79.9. The van der Waals surface area contributed by atoms with Gasteiger partial charge in [-0.05, 0) is 31.9 Å². The second kappa shape index (κ2) is 5.35. The van der Waals surface area contributed by atoms with Gasteiger partial charge in [-0.25, -0.2) is 0 Å². The Hall–Kier alpha value is -0.570. The molecule has 0 aliphatic carbocycles. The largest absolute Gasteiger partial charge is 0.382 e. The lowest BCUT2D eigenvalue weighted by molar-refractivity contribution is 0.572. The maximum Gasteiger partial charge on any atom is 0.0393 e. The Kier molecular flexibility index (Phi) is 4.39. The first-order valence-corrected chi connectivity index (χ1v) is 6.00. The Morgan fingerprint density at radius 2 is 2.21 bits per heavy atom. The highest BCUT2D eigenvalue weighted by Crippen LogP contribution is 2.14. The number of anilines is 1. The van der Waals surface area contributed by atoms with Gasteiger partial charge in [-0.1, -0.05) is 22.9 Å². The van der Waals surface area contributed by atoms with E-state index in [4.69, 9.17) is 0 Å². The van der Waals surface area contributed by atoms with Crippen LogP contribution in [0, 0.1) is 12.8 Å². The Morgan fingerprint density at radius 3 is 2.79 bits per heavy atom. The molecule has 0 saturated carbocycles. The first kappa shape index (κ1) is 11.5. The smallest absolute Gasteiger partial charge is 0.0393 e. The topological polar surface area (TPSA) is 24.9 Å². The highest BCUT2D eigenvalue weighted by molar-refractivity contribution is 9.09. The molecule has 1 rings (SSSR count). The predicted octanol–water partition coefficient (Wildman–Crippen LogP) is 3.22. The quantitative estimate of drug-likeness (QED) is 0.838. The molecule has 0 saturated heterocycles. The molecule has 0 aliphatic heterocycles. The summed E-state index contributed by atoms with van der Waals surface area (Å²) in [5.74, 6) is 0.614. The Balaban J connectivity index is 2.60. The average molecular weight is 257 g/mol. The van der Waals surface area contributed by atoms with E-state index in [1.165, 1.54) is 0 Å². The van der Waals surface area contributed by atoms with Crippen LogP contribution < -0.4 is 5.32 Å². The zero-order valence-electron chi connectivity index (χ0n) is 8.92. The maximum atomic E-state index is 4.16. The summed E-state index contributed by atoms with van der Waals surface area (Å²) in [5, 5.41) is 4.48. The molecule has 2 nitrogen and oxygen atoms in total. The molecule has 0 spiro atoms. The van der Waals surface area contributed by atoms with Crippen LogP contribution in [0.3, 0.4) is 0 Å². The number of pyridine rings is 1. The van der Waals surface area contributed by atoms with Crippen molar-refractivity contribution in [2.24, 2.45) is 5.92 Å². The molecule has 3 heteroatoms. The summed E-state index contributed by atoms with van der Waals surface area (Å²) in [6, 6.07) is 4.54. The summed E-state index contributed by atoms with van der Waals surface area (Å²) in [6.07, 6.45) is 1.84. The second-order valence-electron chi connectivity index (χ2n) is 3.75. The van der Waals surface area contributed by atoms with Crippen molar-refractivity contribution in [3.63, 3.8) is 0 Å². The van der Waals surface area contributed by atoms with Crippen LogP contribution >= 0.6 is 15.9 Å². The van der Waals surface area contributed by atoms with Crippen LogP contribution in [0.2, 0.25) is 0 Å². The maximum absolute atomic E-state index is 4.16. The lowest BCUT2D eigenvalue weighted by Crippen LogP contribution is -2.24. The SMILES string of the molecule is Cc1cc(NC(C)C(C)CBr)ccn1. The van der Waals surface area contributed by atoms with Gasteiger partial charge in [0.15, 0.2) is 0 Å². The molecule has 0 bridgehead atoms. The third-order valence-corrected chi connectivity index (χ3v) is 3.41. The van der Waals surface area contributed by atoms with Crippen molar-refractivity contribution in [3.05, 3.63) is 24.0 Å². The number of hydrogen-bond acceptors (Lipinski definition) is 2. The van der Waals surface area contributed by atoms with Crippen molar-refractivity contribution >= 4 is 21.6 Å². The number of hydrogen-bond donors (Lipinski definition) is 1. The van der Waals surface area contributed by atoms with Crippen LogP contribution in [0.5, 0.6) is 0 Å². The standard InChI is InChI=1S/C11H17BrN2/c1-8(7-12)10(3)14-11-4-5-13-9(2)6-11/h4-6,8,10H,7H2,1-3H3,(H,13,14). The molecule has 0 aliphatic rings. The number of aromatic nitrogens is 1. The Bertz CT molecular complexity index is 288. The van der Waals surface area contributed by atoms with Gasteiger partial charge in [0.05, 0.1) is 0 Å². The third-order valence-electron chi connectivity index (χ3n) is 2.39. The van der Waals surface area contributed by atoms with E-state index in [0.29, 0.717) is 12.0 Å². The van der Waals surface area contributed by atoms with Crippen LogP contribution in [0.25, 0.3) is 0 Å². The summed E-state index contributed by atoms with van der Waals surface area (Å²) in [7, 11) is 0. The first-order chi connectivity index (χ1) is 6.63. The summed E-state index contributed by atoms with van der Waals surface area (Å²) in [4.78, 5) is 4.16. The van der Waals surface area contributed by atoms with Crippen LogP contribution in [-0.2, 0) is 0 Å². The molecule has 1 N–H and O–H groups in total. The summed E-state index contributed by atoms with van der Waals surface area (Å²) in [6.45, 7) is 6.42. The lowest BCUT2D eigenvalue weighted by atomic mass is 10.1. The number of nitrogens with one attached hydrogen (secondary N) is 1. The molecule has 1 aromatic rings. The van der Waals surface area contributed by atoms with Crippen LogP contribution in [-0.4, -0.2) is 16.4 Å². The van der Waals surface area contributed by atoms with E-state index in [0.717, 1.165) is 16.7 Å². The minimum absolute atomic E-state index is 0.469. The zero-order chi connectivity index (χ0) is 10.6. The van der Waals surface area contributed by atoms with Gasteiger partial charge in [-0.2, -0.15) is 0 Å². The summed E-state index contributed by atoms with van der Waals surface area (Å²) in [5.41, 5.74) is 2.20. The minimum Gasteiger partial charge on any atom is -0.382 e. The molecule has 1 heterocycles. The van der Waals surface area contributed by atoms with E-state index in [2.05, 4.69) is 46.1 Å². The van der Waals surface area contributed by atoms with Crippen molar-refractivity contribution in [2.75, 3.05) is 10.6 Å². The van der Waals surface area contributed by atoms with Gasteiger partial charge in [0, 0.05) is 29.0 Å². The third kappa shape index (κ3) is 3.29. The fourth-order valence-electron chi connectivity index (χ4n) is 1.17. The van der Waals surface area contributed by atoms with E-state index in [1.807, 2.05) is 19.2 Å². The van der Waals surface area contributed by atoms with Gasteiger partial charge in [-0.15, -0.1) is 0 Å². The van der Waals surface area contributed by atoms with Gasteiger partial charge in [-0.3, -0.25) is 4.98 Å². The number of nitrogens with zero attached hydrogens (tertiary/aromatic N) is 1. The van der Waals surface area contributed by atoms with Crippen molar-refractivity contribution in [1.29, 1.82) is 0 Å². The highest BCUT2D eigenvalue weighted by Gasteiger charge is 2.09. The second-order valence-corrected chi connectivity index (χ2v) is 4.40. The molecule has 2 atom stereocenters. The van der Waals surface area contributed by atoms with Gasteiger partial charge < -0.3 is 5.32 Å². The zero-order valence-corrected chi connectivity index (χ0v) is 10.5. The number of alkyl halides is 1. The van der Waals surface area contributed by atoms with E-state index < -0.39 is 0 Å². The molecule has 2 unspecified atom stereocenters. The van der Waals surface area contributed by atoms with Crippen molar-refractivity contribution in [2.45, 2.75) is 26.8 Å². The molecular formula is C11H17BrN2. The van der Waals surface area contributed by atoms with Gasteiger partial charge in [0.1, 0.15) is 0 Å². The fourth-order valence-corrected chi connectivity index (χ4v) is 1.73. The van der Waals surface area contributed by atoms with Crippen LogP contribution in [0.1, 0.15) is 19.5 Å². The van der Waals surface area contributed by atoms with Crippen molar-refractivity contribution in [3.8, 4) is 0 Å². The molecule has 78 valence electrons. The summed E-state index contributed by atoms with van der Waals surface area (Å²) < 4.78 is 0. The van der Waals surface area contributed by atoms with Crippen LogP contribution in [0.15, 0.2) is 18.3 Å². The molecule has 0 radical (unpaired) electrons. The fraction of sp³-hybridized carbons (Fsp3) is 0.545. The molecule has 1 aromatic heterocycles. The van der Waals surface area contributed by atoms with E-state index in [9.17, 15) is 0 Å². The predicted molar refractivity (Wildman–Crippen MR) is 65.0 cm³/mol. The Labute approximate surface area is 94.3 Å². The number of halogens is 1.